The lowest BCUT2D eigenvalue weighted by Gasteiger charge is -2.20. The number of hydrogen-bond donors (Lipinski definition) is 1. The first-order valence-electron chi connectivity index (χ1n) is 10.8. The quantitative estimate of drug-likeness (QED) is 0.490. The zero-order valence-corrected chi connectivity index (χ0v) is 19.2. The molecule has 5 nitrogen and oxygen atoms in total. The molecule has 0 bridgehead atoms. The predicted molar refractivity (Wildman–Crippen MR) is 126 cm³/mol. The van der Waals surface area contributed by atoms with E-state index in [0.717, 1.165) is 48.7 Å². The van der Waals surface area contributed by atoms with Gasteiger partial charge in [0.1, 0.15) is 11.4 Å². The molecule has 30 heavy (non-hydrogen) atoms. The maximum absolute atomic E-state index is 13.1. The van der Waals surface area contributed by atoms with Gasteiger partial charge >= 0.3 is 0 Å². The second-order valence-electron chi connectivity index (χ2n) is 7.68. The predicted octanol–water partition coefficient (Wildman–Crippen LogP) is 5.15. The van der Waals surface area contributed by atoms with Crippen LogP contribution >= 0.6 is 11.3 Å². The molecule has 3 aromatic rings. The van der Waals surface area contributed by atoms with Gasteiger partial charge in [-0.25, -0.2) is 4.68 Å². The lowest BCUT2D eigenvalue weighted by molar-refractivity contribution is 0.0929. The zero-order valence-electron chi connectivity index (χ0n) is 18.4. The van der Waals surface area contributed by atoms with Crippen LogP contribution in [0.15, 0.2) is 47.8 Å². The SMILES string of the molecule is CCN(CC)CCC[C@H](C)NC(=O)c1cc(-c2cccs2)nn1-c1ccc(C)cc1. The fraction of sp³-hybridized carbons (Fsp3) is 0.417. The van der Waals surface area contributed by atoms with Gasteiger partial charge in [0.05, 0.1) is 10.6 Å². The summed E-state index contributed by atoms with van der Waals surface area (Å²) in [5.41, 5.74) is 3.46. The molecular weight excluding hydrogens is 392 g/mol. The molecule has 1 amide bonds. The Labute approximate surface area is 183 Å². The van der Waals surface area contributed by atoms with E-state index in [-0.39, 0.29) is 11.9 Å². The van der Waals surface area contributed by atoms with E-state index in [4.69, 9.17) is 5.10 Å². The molecule has 0 saturated heterocycles. The minimum absolute atomic E-state index is 0.0822. The molecule has 1 aromatic carbocycles. The molecule has 0 radical (unpaired) electrons. The number of rotatable bonds is 10. The number of carbonyl (C=O) groups is 1. The summed E-state index contributed by atoms with van der Waals surface area (Å²) in [6, 6.07) is 14.1. The highest BCUT2D eigenvalue weighted by atomic mass is 32.1. The van der Waals surface area contributed by atoms with Crippen LogP contribution in [-0.2, 0) is 0 Å². The second-order valence-corrected chi connectivity index (χ2v) is 8.63. The average molecular weight is 425 g/mol. The first kappa shape index (κ1) is 22.2. The molecule has 0 unspecified atom stereocenters. The summed E-state index contributed by atoms with van der Waals surface area (Å²) in [7, 11) is 0. The minimum Gasteiger partial charge on any atom is -0.348 e. The lowest BCUT2D eigenvalue weighted by Crippen LogP contribution is -2.34. The third-order valence-corrected chi connectivity index (χ3v) is 6.27. The van der Waals surface area contributed by atoms with E-state index >= 15 is 0 Å². The largest absolute Gasteiger partial charge is 0.348 e. The maximum Gasteiger partial charge on any atom is 0.270 e. The molecule has 0 aliphatic carbocycles. The Morgan fingerprint density at radius 1 is 1.20 bits per heavy atom. The van der Waals surface area contributed by atoms with Crippen molar-refractivity contribution in [3.8, 4) is 16.3 Å². The van der Waals surface area contributed by atoms with E-state index in [9.17, 15) is 4.79 Å². The fourth-order valence-corrected chi connectivity index (χ4v) is 4.18. The summed E-state index contributed by atoms with van der Waals surface area (Å²) < 4.78 is 1.76. The lowest BCUT2D eigenvalue weighted by atomic mass is 10.1. The molecular formula is C24H32N4OS. The molecule has 1 N–H and O–H groups in total. The highest BCUT2D eigenvalue weighted by Gasteiger charge is 2.19. The van der Waals surface area contributed by atoms with E-state index in [1.807, 2.05) is 47.8 Å². The number of hydrogen-bond acceptors (Lipinski definition) is 4. The van der Waals surface area contributed by atoms with Crippen molar-refractivity contribution in [2.24, 2.45) is 0 Å². The van der Waals surface area contributed by atoms with Crippen molar-refractivity contribution in [2.45, 2.75) is 46.6 Å². The Kier molecular flexibility index (Phi) is 7.82. The van der Waals surface area contributed by atoms with Crippen molar-refractivity contribution in [2.75, 3.05) is 19.6 Å². The van der Waals surface area contributed by atoms with E-state index in [1.165, 1.54) is 5.56 Å². The Bertz CT molecular complexity index is 927. The van der Waals surface area contributed by atoms with Gasteiger partial charge in [0, 0.05) is 6.04 Å². The summed E-state index contributed by atoms with van der Waals surface area (Å²) in [6.45, 7) is 11.7. The monoisotopic (exact) mass is 424 g/mol. The fourth-order valence-electron chi connectivity index (χ4n) is 3.50. The summed E-state index contributed by atoms with van der Waals surface area (Å²) in [5.74, 6) is -0.0822. The third-order valence-electron chi connectivity index (χ3n) is 5.38. The molecule has 3 rings (SSSR count). The number of benzene rings is 1. The summed E-state index contributed by atoms with van der Waals surface area (Å²) in [6.07, 6.45) is 2.03. The molecule has 2 aromatic heterocycles. The number of aromatic nitrogens is 2. The van der Waals surface area contributed by atoms with Crippen LogP contribution in [0.4, 0.5) is 0 Å². The van der Waals surface area contributed by atoms with Gasteiger partial charge in [-0.05, 0) is 76.0 Å². The van der Waals surface area contributed by atoms with Crippen molar-refractivity contribution < 1.29 is 4.79 Å². The third kappa shape index (κ3) is 5.58. The topological polar surface area (TPSA) is 50.2 Å². The number of nitrogens with one attached hydrogen (secondary N) is 1. The van der Waals surface area contributed by atoms with Crippen LogP contribution in [0.3, 0.4) is 0 Å². The zero-order chi connectivity index (χ0) is 21.5. The highest BCUT2D eigenvalue weighted by molar-refractivity contribution is 7.13. The molecule has 0 fully saturated rings. The van der Waals surface area contributed by atoms with Gasteiger partial charge in [-0.15, -0.1) is 11.3 Å². The van der Waals surface area contributed by atoms with Crippen LogP contribution in [-0.4, -0.2) is 46.3 Å². The smallest absolute Gasteiger partial charge is 0.270 e. The Hall–Kier alpha value is -2.44. The van der Waals surface area contributed by atoms with Crippen LogP contribution in [0.5, 0.6) is 0 Å². The van der Waals surface area contributed by atoms with Crippen LogP contribution in [0.25, 0.3) is 16.3 Å². The van der Waals surface area contributed by atoms with Crippen LogP contribution in [0, 0.1) is 6.92 Å². The molecule has 1 atom stereocenters. The van der Waals surface area contributed by atoms with Crippen molar-refractivity contribution in [3.05, 3.63) is 59.1 Å². The molecule has 0 aliphatic rings. The van der Waals surface area contributed by atoms with Gasteiger partial charge < -0.3 is 10.2 Å². The molecule has 2 heterocycles. The van der Waals surface area contributed by atoms with Gasteiger partial charge in [-0.3, -0.25) is 4.79 Å². The summed E-state index contributed by atoms with van der Waals surface area (Å²) in [4.78, 5) is 16.6. The van der Waals surface area contributed by atoms with Crippen molar-refractivity contribution >= 4 is 17.2 Å². The molecule has 0 spiro atoms. The molecule has 0 saturated carbocycles. The maximum atomic E-state index is 13.1. The summed E-state index contributed by atoms with van der Waals surface area (Å²) in [5, 5.41) is 9.94. The normalized spacial score (nSPS) is 12.3. The standard InChI is InChI=1S/C24H32N4OS/c1-5-27(6-2)15-7-9-19(4)25-24(29)22-17-21(23-10-8-16-30-23)26-28(22)20-13-11-18(3)12-14-20/h8,10-14,16-17,19H,5-7,9,15H2,1-4H3,(H,25,29)/t19-/m0/s1. The van der Waals surface area contributed by atoms with E-state index in [0.29, 0.717) is 5.69 Å². The second kappa shape index (κ2) is 10.5. The van der Waals surface area contributed by atoms with Gasteiger partial charge in [0.15, 0.2) is 0 Å². The Balaban J connectivity index is 1.76. The first-order valence-corrected chi connectivity index (χ1v) is 11.6. The van der Waals surface area contributed by atoms with E-state index in [1.54, 1.807) is 16.0 Å². The average Bonchev–Trinajstić information content (AvgIpc) is 3.41. The number of aryl methyl sites for hydroxylation is 1. The van der Waals surface area contributed by atoms with Crippen molar-refractivity contribution in [1.29, 1.82) is 0 Å². The van der Waals surface area contributed by atoms with Crippen LogP contribution in [0.2, 0.25) is 0 Å². The van der Waals surface area contributed by atoms with Gasteiger partial charge in [0.2, 0.25) is 0 Å². The number of thiophene rings is 1. The molecule has 160 valence electrons. The van der Waals surface area contributed by atoms with Gasteiger partial charge in [-0.1, -0.05) is 37.6 Å². The van der Waals surface area contributed by atoms with E-state index in [2.05, 4.69) is 37.9 Å². The van der Waals surface area contributed by atoms with Crippen LogP contribution in [0.1, 0.15) is 49.7 Å². The molecule has 0 aliphatic heterocycles. The van der Waals surface area contributed by atoms with Crippen molar-refractivity contribution in [3.63, 3.8) is 0 Å². The van der Waals surface area contributed by atoms with Crippen molar-refractivity contribution in [1.82, 2.24) is 20.0 Å². The highest BCUT2D eigenvalue weighted by Crippen LogP contribution is 2.26. The first-order chi connectivity index (χ1) is 14.5. The molecule has 6 heteroatoms. The number of carbonyl (C=O) groups excluding carboxylic acids is 1. The summed E-state index contributed by atoms with van der Waals surface area (Å²) >= 11 is 1.63. The Morgan fingerprint density at radius 3 is 2.57 bits per heavy atom. The minimum atomic E-state index is -0.0822. The number of amides is 1. The van der Waals surface area contributed by atoms with Gasteiger partial charge in [-0.2, -0.15) is 5.10 Å². The van der Waals surface area contributed by atoms with Gasteiger partial charge in [0.25, 0.3) is 5.91 Å². The van der Waals surface area contributed by atoms with Crippen LogP contribution < -0.4 is 5.32 Å². The number of nitrogens with zero attached hydrogens (tertiary/aromatic N) is 3. The Morgan fingerprint density at radius 2 is 1.93 bits per heavy atom. The van der Waals surface area contributed by atoms with E-state index < -0.39 is 0 Å².